The fraction of sp³-hybridized carbons (Fsp3) is 0.444. The molecule has 3 atom stereocenters. The molecule has 0 spiro atoms. The average Bonchev–Trinajstić information content (AvgIpc) is 3.56. The molecule has 1 aromatic heterocycles. The number of para-hydroxylation sites is 1. The molecule has 2 heterocycles. The number of carbonyl (C=O) groups is 1. The number of rotatable bonds is 9. The summed E-state index contributed by atoms with van der Waals surface area (Å²) < 4.78 is 14.8. The number of aliphatic hydroxyl groups is 1. The summed E-state index contributed by atoms with van der Waals surface area (Å²) in [5, 5.41) is 29.1. The Labute approximate surface area is 278 Å². The van der Waals surface area contributed by atoms with Crippen molar-refractivity contribution < 1.29 is 19.4 Å². The van der Waals surface area contributed by atoms with Gasteiger partial charge in [-0.05, 0) is 102 Å². The quantitative estimate of drug-likeness (QED) is 0.173. The summed E-state index contributed by atoms with van der Waals surface area (Å²) in [6.07, 6.45) is 7.08. The molecule has 10 nitrogen and oxygen atoms in total. The molecule has 1 aliphatic heterocycles. The fourth-order valence-electron chi connectivity index (χ4n) is 8.58. The van der Waals surface area contributed by atoms with E-state index < -0.39 is 6.29 Å². The number of amides is 2. The first-order chi connectivity index (χ1) is 23.0. The second-order valence-corrected chi connectivity index (χ2v) is 14.8. The first-order valence-corrected chi connectivity index (χ1v) is 17.7. The third-order valence-electron chi connectivity index (χ3n) is 10.3. The van der Waals surface area contributed by atoms with Crippen molar-refractivity contribution in [2.75, 3.05) is 11.1 Å². The van der Waals surface area contributed by atoms with Gasteiger partial charge in [0, 0.05) is 29.0 Å². The Balaban J connectivity index is 0.951. The van der Waals surface area contributed by atoms with Gasteiger partial charge in [0.1, 0.15) is 0 Å². The number of nitrogens with zero attached hydrogens (tertiary/aromatic N) is 4. The smallest absolute Gasteiger partial charge is 0.319 e. The number of aliphatic hydroxyl groups excluding tert-OH is 1. The molecular formula is C36H40N6O4S. The molecule has 3 unspecified atom stereocenters. The predicted octanol–water partition coefficient (Wildman–Crippen LogP) is 6.58. The second-order valence-electron chi connectivity index (χ2n) is 13.8. The van der Waals surface area contributed by atoms with Crippen LogP contribution in [-0.2, 0) is 16.1 Å². The van der Waals surface area contributed by atoms with Gasteiger partial charge >= 0.3 is 6.03 Å². The van der Waals surface area contributed by atoms with E-state index in [1.54, 1.807) is 16.4 Å². The van der Waals surface area contributed by atoms with Crippen LogP contribution in [0.15, 0.2) is 84.0 Å². The maximum Gasteiger partial charge on any atom is 0.319 e. The summed E-state index contributed by atoms with van der Waals surface area (Å²) in [4.78, 5) is 13.2. The molecule has 4 aromatic rings. The molecule has 4 bridgehead atoms. The highest BCUT2D eigenvalue weighted by molar-refractivity contribution is 7.99. The van der Waals surface area contributed by atoms with Crippen molar-refractivity contribution in [3.05, 3.63) is 95.6 Å². The molecule has 5 fully saturated rings. The lowest BCUT2D eigenvalue weighted by Crippen LogP contribution is -2.60. The molecule has 11 heteroatoms. The molecule has 1 saturated heterocycles. The summed E-state index contributed by atoms with van der Waals surface area (Å²) in [7, 11) is 0. The third-order valence-corrected chi connectivity index (χ3v) is 11.4. The van der Waals surface area contributed by atoms with Crippen molar-refractivity contribution in [2.24, 2.45) is 17.8 Å². The Morgan fingerprint density at radius 1 is 0.872 bits per heavy atom. The van der Waals surface area contributed by atoms with Crippen molar-refractivity contribution >= 4 is 23.5 Å². The molecule has 3 aromatic carbocycles. The lowest BCUT2D eigenvalue weighted by molar-refractivity contribution is -0.245. The van der Waals surface area contributed by atoms with E-state index in [0.29, 0.717) is 17.3 Å². The van der Waals surface area contributed by atoms with E-state index in [9.17, 15) is 9.90 Å². The SMILES string of the molecule is O=C(Nc1ccc(C2OC(CSc3nnnn3-c3ccccc3)CC(c3ccc(CO)cc3)O2)cc1)NC12CC3CC(CC(C3)C1)C2. The number of aromatic nitrogens is 4. The van der Waals surface area contributed by atoms with Crippen LogP contribution >= 0.6 is 11.8 Å². The summed E-state index contributed by atoms with van der Waals surface area (Å²) in [6, 6.07) is 25.3. The van der Waals surface area contributed by atoms with Crippen LogP contribution in [0.5, 0.6) is 0 Å². The van der Waals surface area contributed by atoms with E-state index in [2.05, 4.69) is 26.2 Å². The molecule has 3 N–H and O–H groups in total. The summed E-state index contributed by atoms with van der Waals surface area (Å²) >= 11 is 1.55. The summed E-state index contributed by atoms with van der Waals surface area (Å²) in [5.41, 5.74) is 4.35. The monoisotopic (exact) mass is 652 g/mol. The maximum atomic E-state index is 13.2. The van der Waals surface area contributed by atoms with Crippen LogP contribution < -0.4 is 10.6 Å². The highest BCUT2D eigenvalue weighted by Crippen LogP contribution is 2.55. The number of anilines is 1. The van der Waals surface area contributed by atoms with Gasteiger partial charge in [0.05, 0.1) is 24.5 Å². The molecule has 2 amide bonds. The van der Waals surface area contributed by atoms with E-state index >= 15 is 0 Å². The zero-order chi connectivity index (χ0) is 31.8. The normalized spacial score (nSPS) is 29.5. The molecule has 5 aliphatic rings. The lowest BCUT2D eigenvalue weighted by Gasteiger charge is -2.56. The number of ether oxygens (including phenoxy) is 2. The summed E-state index contributed by atoms with van der Waals surface area (Å²) in [6.45, 7) is -0.00607. The standard InChI is InChI=1S/C36H40N6O4S/c43-21-23-6-8-27(9-7-23)32-17-31(22-47-35-39-40-41-42(35)30-4-2-1-3-5-30)45-33(46-32)28-10-12-29(13-11-28)37-34(44)38-36-18-24-14-25(19-36)16-26(15-24)20-36/h1-13,24-26,31-33,43H,14-22H2,(H2,37,38,44). The Kier molecular flexibility index (Phi) is 8.47. The highest BCUT2D eigenvalue weighted by atomic mass is 32.2. The number of nitrogens with one attached hydrogen (secondary N) is 2. The molecule has 4 aliphatic carbocycles. The molecule has 0 radical (unpaired) electrons. The Bertz CT molecular complexity index is 1650. The van der Waals surface area contributed by atoms with Gasteiger partial charge in [-0.1, -0.05) is 66.4 Å². The van der Waals surface area contributed by atoms with Gasteiger partial charge in [0.15, 0.2) is 6.29 Å². The van der Waals surface area contributed by atoms with Crippen molar-refractivity contribution in [1.29, 1.82) is 0 Å². The molecule has 4 saturated carbocycles. The first-order valence-electron chi connectivity index (χ1n) is 16.7. The lowest BCUT2D eigenvalue weighted by atomic mass is 9.53. The van der Waals surface area contributed by atoms with Gasteiger partial charge in [-0.15, -0.1) is 5.10 Å². The van der Waals surface area contributed by atoms with Crippen molar-refractivity contribution in [3.8, 4) is 5.69 Å². The fourth-order valence-corrected chi connectivity index (χ4v) is 9.49. The molecular weight excluding hydrogens is 613 g/mol. The van der Waals surface area contributed by atoms with E-state index in [1.807, 2.05) is 78.9 Å². The van der Waals surface area contributed by atoms with Crippen LogP contribution in [0, 0.1) is 17.8 Å². The van der Waals surface area contributed by atoms with Crippen LogP contribution in [0.1, 0.15) is 74.0 Å². The van der Waals surface area contributed by atoms with Crippen LogP contribution in [0.2, 0.25) is 0 Å². The van der Waals surface area contributed by atoms with Crippen LogP contribution in [0.4, 0.5) is 10.5 Å². The molecule has 9 rings (SSSR count). The van der Waals surface area contributed by atoms with Crippen LogP contribution in [-0.4, -0.2) is 48.7 Å². The highest BCUT2D eigenvalue weighted by Gasteiger charge is 2.51. The molecule has 244 valence electrons. The predicted molar refractivity (Wildman–Crippen MR) is 178 cm³/mol. The Morgan fingerprint density at radius 3 is 2.23 bits per heavy atom. The van der Waals surface area contributed by atoms with Gasteiger partial charge in [0.25, 0.3) is 0 Å². The van der Waals surface area contributed by atoms with Gasteiger partial charge in [-0.25, -0.2) is 4.79 Å². The van der Waals surface area contributed by atoms with E-state index in [4.69, 9.17) is 9.47 Å². The van der Waals surface area contributed by atoms with Gasteiger partial charge in [-0.2, -0.15) is 4.68 Å². The number of tetrazole rings is 1. The maximum absolute atomic E-state index is 13.2. The van der Waals surface area contributed by atoms with Crippen LogP contribution in [0.25, 0.3) is 5.69 Å². The average molecular weight is 653 g/mol. The number of thioether (sulfide) groups is 1. The number of hydrogen-bond donors (Lipinski definition) is 3. The minimum absolute atomic E-state index is 0.00607. The number of carbonyl (C=O) groups excluding carboxylic acids is 1. The number of urea groups is 1. The minimum atomic E-state index is -0.600. The Hall–Kier alpha value is -3.77. The minimum Gasteiger partial charge on any atom is -0.392 e. The van der Waals surface area contributed by atoms with E-state index in [0.717, 1.165) is 65.1 Å². The third kappa shape index (κ3) is 6.67. The van der Waals surface area contributed by atoms with Crippen molar-refractivity contribution in [3.63, 3.8) is 0 Å². The first kappa shape index (κ1) is 30.6. The van der Waals surface area contributed by atoms with E-state index in [1.165, 1.54) is 19.3 Å². The topological polar surface area (TPSA) is 123 Å². The number of hydrogen-bond acceptors (Lipinski definition) is 8. The zero-order valence-electron chi connectivity index (χ0n) is 26.2. The van der Waals surface area contributed by atoms with Crippen LogP contribution in [0.3, 0.4) is 0 Å². The summed E-state index contributed by atoms with van der Waals surface area (Å²) in [5.74, 6) is 2.94. The van der Waals surface area contributed by atoms with Gasteiger partial charge in [0.2, 0.25) is 5.16 Å². The molecule has 47 heavy (non-hydrogen) atoms. The zero-order valence-corrected chi connectivity index (χ0v) is 27.0. The Morgan fingerprint density at radius 2 is 1.55 bits per heavy atom. The number of benzene rings is 3. The van der Waals surface area contributed by atoms with Crippen molar-refractivity contribution in [1.82, 2.24) is 25.5 Å². The van der Waals surface area contributed by atoms with Crippen molar-refractivity contribution in [2.45, 2.75) is 80.7 Å². The van der Waals surface area contributed by atoms with Gasteiger partial charge in [-0.3, -0.25) is 0 Å². The van der Waals surface area contributed by atoms with Gasteiger partial charge < -0.3 is 25.2 Å². The van der Waals surface area contributed by atoms with E-state index in [-0.39, 0.29) is 30.4 Å². The second kappa shape index (κ2) is 13.0. The largest absolute Gasteiger partial charge is 0.392 e.